The van der Waals surface area contributed by atoms with Crippen LogP contribution in [0, 0.1) is 22.7 Å². The Hall–Kier alpha value is -2.98. The first-order valence-corrected chi connectivity index (χ1v) is 6.23. The highest BCUT2D eigenvalue weighted by atomic mass is 16.1. The summed E-state index contributed by atoms with van der Waals surface area (Å²) in [6.07, 6.45) is 2.97. The van der Waals surface area contributed by atoms with Crippen LogP contribution in [0.1, 0.15) is 28.8 Å². The Morgan fingerprint density at radius 1 is 1.10 bits per heavy atom. The quantitative estimate of drug-likeness (QED) is 0.718. The Morgan fingerprint density at radius 3 is 2.55 bits per heavy atom. The molecule has 0 fully saturated rings. The van der Waals surface area contributed by atoms with Crippen molar-refractivity contribution < 1.29 is 4.79 Å². The molecule has 4 nitrogen and oxygen atoms in total. The predicted molar refractivity (Wildman–Crippen MR) is 73.7 cm³/mol. The Balaban J connectivity index is 2.21. The minimum Gasteiger partial charge on any atom is -0.287 e. The SMILES string of the molecule is N#CC1=CCCC2=C(N=C1C#N)C(=O)c1ccccc12. The third-order valence-corrected chi connectivity index (χ3v) is 3.45. The van der Waals surface area contributed by atoms with Crippen LogP contribution < -0.4 is 0 Å². The smallest absolute Gasteiger partial charge is 0.212 e. The van der Waals surface area contributed by atoms with Gasteiger partial charge in [-0.2, -0.15) is 10.5 Å². The van der Waals surface area contributed by atoms with Crippen molar-refractivity contribution in [2.75, 3.05) is 0 Å². The van der Waals surface area contributed by atoms with E-state index in [0.29, 0.717) is 24.1 Å². The predicted octanol–water partition coefficient (Wildman–Crippen LogP) is 2.80. The molecule has 0 amide bonds. The summed E-state index contributed by atoms with van der Waals surface area (Å²) in [6.45, 7) is 0. The van der Waals surface area contributed by atoms with E-state index in [1.54, 1.807) is 12.1 Å². The van der Waals surface area contributed by atoms with Gasteiger partial charge in [0.2, 0.25) is 5.78 Å². The first kappa shape index (κ1) is 12.1. The number of aliphatic imine (C=N–C) groups is 1. The van der Waals surface area contributed by atoms with Crippen molar-refractivity contribution in [1.29, 1.82) is 10.5 Å². The Kier molecular flexibility index (Phi) is 2.78. The number of benzene rings is 1. The van der Waals surface area contributed by atoms with Gasteiger partial charge in [-0.1, -0.05) is 30.3 Å². The normalized spacial score (nSPS) is 17.0. The van der Waals surface area contributed by atoms with Crippen molar-refractivity contribution in [1.82, 2.24) is 0 Å². The average molecular weight is 259 g/mol. The summed E-state index contributed by atoms with van der Waals surface area (Å²) in [5, 5.41) is 18.2. The second kappa shape index (κ2) is 4.60. The second-order valence-electron chi connectivity index (χ2n) is 4.54. The van der Waals surface area contributed by atoms with Crippen molar-refractivity contribution in [3.05, 3.63) is 52.7 Å². The Morgan fingerprint density at radius 2 is 1.85 bits per heavy atom. The van der Waals surface area contributed by atoms with Gasteiger partial charge in [0.15, 0.2) is 5.71 Å². The molecule has 0 spiro atoms. The number of carbonyl (C=O) groups is 1. The van der Waals surface area contributed by atoms with Crippen LogP contribution in [0.3, 0.4) is 0 Å². The van der Waals surface area contributed by atoms with E-state index in [-0.39, 0.29) is 17.1 Å². The molecule has 4 heteroatoms. The van der Waals surface area contributed by atoms with Crippen molar-refractivity contribution in [3.8, 4) is 12.1 Å². The van der Waals surface area contributed by atoms with Crippen LogP contribution in [-0.4, -0.2) is 11.5 Å². The van der Waals surface area contributed by atoms with E-state index in [4.69, 9.17) is 10.5 Å². The molecule has 0 aromatic heterocycles. The van der Waals surface area contributed by atoms with Gasteiger partial charge in [-0.15, -0.1) is 0 Å². The van der Waals surface area contributed by atoms with E-state index in [2.05, 4.69) is 4.99 Å². The van der Waals surface area contributed by atoms with Crippen molar-refractivity contribution in [2.24, 2.45) is 4.99 Å². The average Bonchev–Trinajstić information content (AvgIpc) is 2.71. The summed E-state index contributed by atoms with van der Waals surface area (Å²) >= 11 is 0. The van der Waals surface area contributed by atoms with Crippen LogP contribution in [0.25, 0.3) is 5.57 Å². The molecule has 0 saturated carbocycles. The molecular weight excluding hydrogens is 250 g/mol. The van der Waals surface area contributed by atoms with E-state index >= 15 is 0 Å². The molecule has 0 radical (unpaired) electrons. The molecule has 1 aliphatic carbocycles. The summed E-state index contributed by atoms with van der Waals surface area (Å²) in [5.74, 6) is -0.164. The van der Waals surface area contributed by atoms with E-state index in [1.807, 2.05) is 30.3 Å². The lowest BCUT2D eigenvalue weighted by atomic mass is 9.99. The number of hydrogen-bond donors (Lipinski definition) is 0. The summed E-state index contributed by atoms with van der Waals surface area (Å²) in [6, 6.07) is 11.2. The highest BCUT2D eigenvalue weighted by Crippen LogP contribution is 2.37. The lowest BCUT2D eigenvalue weighted by Crippen LogP contribution is -2.05. The van der Waals surface area contributed by atoms with Crippen LogP contribution in [0.4, 0.5) is 0 Å². The Bertz CT molecular complexity index is 798. The van der Waals surface area contributed by atoms with E-state index in [0.717, 1.165) is 11.1 Å². The third-order valence-electron chi connectivity index (χ3n) is 3.45. The lowest BCUT2D eigenvalue weighted by Gasteiger charge is -2.07. The number of carbonyl (C=O) groups excluding carboxylic acids is 1. The summed E-state index contributed by atoms with van der Waals surface area (Å²) in [7, 11) is 0. The maximum absolute atomic E-state index is 12.4. The molecule has 94 valence electrons. The van der Waals surface area contributed by atoms with Gasteiger partial charge in [0, 0.05) is 5.56 Å². The first-order chi connectivity index (χ1) is 9.76. The fraction of sp³-hybridized carbons (Fsp3) is 0.125. The molecule has 0 N–H and O–H groups in total. The van der Waals surface area contributed by atoms with Gasteiger partial charge >= 0.3 is 0 Å². The molecular formula is C16H9N3O. The maximum atomic E-state index is 12.4. The molecule has 1 aromatic carbocycles. The number of nitriles is 2. The molecule has 1 aliphatic heterocycles. The number of allylic oxidation sites excluding steroid dienone is 4. The standard InChI is InChI=1S/C16H9N3O/c17-8-10-4-3-7-12-11-5-1-2-6-13(11)16(20)15(12)19-14(10)9-18/h1-2,4-6H,3,7H2. The first-order valence-electron chi connectivity index (χ1n) is 6.23. The third kappa shape index (κ3) is 1.67. The fourth-order valence-corrected chi connectivity index (χ4v) is 2.52. The largest absolute Gasteiger partial charge is 0.287 e. The van der Waals surface area contributed by atoms with Crippen LogP contribution in [-0.2, 0) is 0 Å². The summed E-state index contributed by atoms with van der Waals surface area (Å²) in [5.41, 5.74) is 2.94. The molecule has 0 saturated heterocycles. The zero-order valence-electron chi connectivity index (χ0n) is 10.6. The summed E-state index contributed by atoms with van der Waals surface area (Å²) in [4.78, 5) is 16.5. The monoisotopic (exact) mass is 259 g/mol. The van der Waals surface area contributed by atoms with Crippen molar-refractivity contribution in [2.45, 2.75) is 12.8 Å². The molecule has 0 bridgehead atoms. The zero-order chi connectivity index (χ0) is 14.1. The number of hydrogen-bond acceptors (Lipinski definition) is 4. The topological polar surface area (TPSA) is 77.0 Å². The molecule has 2 aliphatic rings. The van der Waals surface area contributed by atoms with Gasteiger partial charge in [-0.25, -0.2) is 4.99 Å². The zero-order valence-corrected chi connectivity index (χ0v) is 10.6. The van der Waals surface area contributed by atoms with E-state index in [9.17, 15) is 4.79 Å². The molecule has 1 heterocycles. The lowest BCUT2D eigenvalue weighted by molar-refractivity contribution is 0.103. The molecule has 1 aromatic rings. The number of ketones is 1. The highest BCUT2D eigenvalue weighted by molar-refractivity contribution is 6.24. The van der Waals surface area contributed by atoms with Crippen LogP contribution >= 0.6 is 0 Å². The van der Waals surface area contributed by atoms with Crippen LogP contribution in [0.15, 0.2) is 46.6 Å². The molecule has 0 atom stereocenters. The van der Waals surface area contributed by atoms with E-state index < -0.39 is 0 Å². The number of fused-ring (bicyclic) bond motifs is 2. The Labute approximate surface area is 116 Å². The maximum Gasteiger partial charge on any atom is 0.212 e. The molecule has 3 rings (SSSR count). The van der Waals surface area contributed by atoms with Gasteiger partial charge in [-0.3, -0.25) is 4.79 Å². The minimum absolute atomic E-state index is 0.0147. The summed E-state index contributed by atoms with van der Waals surface area (Å²) < 4.78 is 0. The van der Waals surface area contributed by atoms with Gasteiger partial charge in [-0.05, 0) is 24.0 Å². The fourth-order valence-electron chi connectivity index (χ4n) is 2.52. The van der Waals surface area contributed by atoms with Crippen molar-refractivity contribution >= 4 is 17.1 Å². The van der Waals surface area contributed by atoms with Gasteiger partial charge in [0.1, 0.15) is 17.8 Å². The van der Waals surface area contributed by atoms with Gasteiger partial charge < -0.3 is 0 Å². The minimum atomic E-state index is -0.164. The number of rotatable bonds is 0. The van der Waals surface area contributed by atoms with Crippen molar-refractivity contribution in [3.63, 3.8) is 0 Å². The van der Waals surface area contributed by atoms with Crippen LogP contribution in [0.2, 0.25) is 0 Å². The van der Waals surface area contributed by atoms with Crippen LogP contribution in [0.5, 0.6) is 0 Å². The number of Topliss-reactive ketones (excluding diaryl/α,β-unsaturated/α-hetero) is 1. The highest BCUT2D eigenvalue weighted by Gasteiger charge is 2.30. The second-order valence-corrected chi connectivity index (χ2v) is 4.54. The van der Waals surface area contributed by atoms with E-state index in [1.165, 1.54) is 0 Å². The number of nitrogens with zero attached hydrogens (tertiary/aromatic N) is 3. The molecule has 20 heavy (non-hydrogen) atoms. The van der Waals surface area contributed by atoms with Gasteiger partial charge in [0.25, 0.3) is 0 Å². The molecule has 0 unspecified atom stereocenters. The van der Waals surface area contributed by atoms with Gasteiger partial charge in [0.05, 0.1) is 5.57 Å².